The molecular formula is C16H16ClN3O3S2. The fraction of sp³-hybridized carbons (Fsp3) is 0.250. The van der Waals surface area contributed by atoms with Crippen molar-refractivity contribution in [3.8, 4) is 0 Å². The van der Waals surface area contributed by atoms with Crippen molar-refractivity contribution in [3.05, 3.63) is 57.3 Å². The number of nitrogens with zero attached hydrogens (tertiary/aromatic N) is 3. The van der Waals surface area contributed by atoms with Crippen LogP contribution in [-0.2, 0) is 4.79 Å². The van der Waals surface area contributed by atoms with Crippen molar-refractivity contribution >= 4 is 47.2 Å². The van der Waals surface area contributed by atoms with Crippen LogP contribution in [0.5, 0.6) is 0 Å². The van der Waals surface area contributed by atoms with Gasteiger partial charge in [-0.05, 0) is 5.56 Å². The fourth-order valence-corrected chi connectivity index (χ4v) is 3.98. The maximum absolute atomic E-state index is 12.7. The molecule has 2 aromatic rings. The van der Waals surface area contributed by atoms with E-state index >= 15 is 0 Å². The maximum Gasteiger partial charge on any atom is 0.271 e. The van der Waals surface area contributed by atoms with Gasteiger partial charge in [0.15, 0.2) is 4.47 Å². The van der Waals surface area contributed by atoms with Crippen LogP contribution in [-0.4, -0.2) is 43.5 Å². The Hall–Kier alpha value is -1.74. The fourth-order valence-electron chi connectivity index (χ4n) is 2.68. The molecule has 3 rings (SSSR count). The van der Waals surface area contributed by atoms with Crippen molar-refractivity contribution in [2.24, 2.45) is 0 Å². The third-order valence-electron chi connectivity index (χ3n) is 4.03. The average molecular weight is 398 g/mol. The van der Waals surface area contributed by atoms with Gasteiger partial charge in [-0.25, -0.2) is 4.98 Å². The molecule has 0 radical (unpaired) electrons. The number of halogens is 1. The summed E-state index contributed by atoms with van der Waals surface area (Å²) in [6.45, 7) is 0. The smallest absolute Gasteiger partial charge is 0.271 e. The molecule has 1 aromatic carbocycles. The summed E-state index contributed by atoms with van der Waals surface area (Å²) in [7, 11) is 1.64. The van der Waals surface area contributed by atoms with Gasteiger partial charge >= 0.3 is 0 Å². The quantitative estimate of drug-likeness (QED) is 0.691. The van der Waals surface area contributed by atoms with Crippen LogP contribution >= 0.6 is 35.8 Å². The molecule has 0 bridgehead atoms. The second-order valence-corrected chi connectivity index (χ2v) is 7.65. The zero-order valence-corrected chi connectivity index (χ0v) is 15.7. The lowest BCUT2D eigenvalue weighted by atomic mass is 10.0. The maximum atomic E-state index is 12.7. The predicted octanol–water partition coefficient (Wildman–Crippen LogP) is 3.09. The molecule has 1 aromatic heterocycles. The van der Waals surface area contributed by atoms with Crippen LogP contribution in [0.2, 0.25) is 4.47 Å². The molecule has 0 saturated heterocycles. The number of aliphatic hydroxyl groups excluding tert-OH is 2. The Balaban J connectivity index is 1.88. The lowest BCUT2D eigenvalue weighted by Crippen LogP contribution is -2.50. The van der Waals surface area contributed by atoms with Crippen molar-refractivity contribution < 1.29 is 15.0 Å². The van der Waals surface area contributed by atoms with E-state index in [1.54, 1.807) is 31.3 Å². The van der Waals surface area contributed by atoms with Crippen LogP contribution in [0.3, 0.4) is 0 Å². The molecule has 0 aliphatic carbocycles. The first-order chi connectivity index (χ1) is 11.9. The lowest BCUT2D eigenvalue weighted by molar-refractivity contribution is -0.126. The predicted molar refractivity (Wildman–Crippen MR) is 100 cm³/mol. The summed E-state index contributed by atoms with van der Waals surface area (Å²) in [6.07, 6.45) is 0.136. The van der Waals surface area contributed by atoms with Gasteiger partial charge in [0.1, 0.15) is 11.7 Å². The van der Waals surface area contributed by atoms with Gasteiger partial charge in [-0.1, -0.05) is 54.7 Å². The number of aliphatic hydroxyl groups is 2. The summed E-state index contributed by atoms with van der Waals surface area (Å²) in [5.74, 6) is -0.578. The lowest BCUT2D eigenvalue weighted by Gasteiger charge is -2.40. The van der Waals surface area contributed by atoms with Crippen LogP contribution in [0, 0.1) is 0 Å². The molecule has 0 spiro atoms. The largest absolute Gasteiger partial charge is 0.494 e. The third kappa shape index (κ3) is 3.48. The van der Waals surface area contributed by atoms with E-state index in [0.29, 0.717) is 14.9 Å². The Morgan fingerprint density at radius 1 is 1.40 bits per heavy atom. The van der Waals surface area contributed by atoms with E-state index in [1.807, 2.05) is 6.07 Å². The van der Waals surface area contributed by atoms with Crippen LogP contribution in [0.15, 0.2) is 42.4 Å². The summed E-state index contributed by atoms with van der Waals surface area (Å²) in [6, 6.07) is 8.89. The van der Waals surface area contributed by atoms with Gasteiger partial charge in [-0.3, -0.25) is 9.10 Å². The topological polar surface area (TPSA) is 76.9 Å². The molecule has 1 aliphatic rings. The van der Waals surface area contributed by atoms with Crippen LogP contribution < -0.4 is 0 Å². The van der Waals surface area contributed by atoms with Gasteiger partial charge in [0.2, 0.25) is 5.88 Å². The van der Waals surface area contributed by atoms with E-state index in [0.717, 1.165) is 0 Å². The van der Waals surface area contributed by atoms with E-state index in [4.69, 9.17) is 11.6 Å². The van der Waals surface area contributed by atoms with Gasteiger partial charge in [0, 0.05) is 19.7 Å². The first-order valence-corrected chi connectivity index (χ1v) is 9.02. The molecule has 25 heavy (non-hydrogen) atoms. The normalized spacial score (nSPS) is 19.5. The molecule has 132 valence electrons. The van der Waals surface area contributed by atoms with E-state index in [-0.39, 0.29) is 17.9 Å². The zero-order chi connectivity index (χ0) is 18.1. The van der Waals surface area contributed by atoms with Gasteiger partial charge in [0.05, 0.1) is 11.0 Å². The number of carbonyl (C=O) groups is 1. The average Bonchev–Trinajstić information content (AvgIpc) is 3.04. The van der Waals surface area contributed by atoms with E-state index < -0.39 is 18.2 Å². The molecule has 0 fully saturated rings. The number of amides is 1. The molecule has 2 unspecified atom stereocenters. The summed E-state index contributed by atoms with van der Waals surface area (Å²) >= 11 is 11.3. The van der Waals surface area contributed by atoms with E-state index in [9.17, 15) is 15.0 Å². The number of rotatable bonds is 4. The van der Waals surface area contributed by atoms with Crippen molar-refractivity contribution in [2.45, 2.75) is 18.7 Å². The second-order valence-electron chi connectivity index (χ2n) is 5.57. The van der Waals surface area contributed by atoms with Crippen molar-refractivity contribution in [1.82, 2.24) is 14.2 Å². The molecule has 2 heterocycles. The minimum atomic E-state index is -0.883. The van der Waals surface area contributed by atoms with Crippen LogP contribution in [0.1, 0.15) is 23.0 Å². The van der Waals surface area contributed by atoms with E-state index in [1.165, 1.54) is 26.7 Å². The number of thiazole rings is 1. The Bertz CT molecular complexity index is 812. The second kappa shape index (κ2) is 7.25. The Morgan fingerprint density at radius 3 is 2.68 bits per heavy atom. The molecule has 1 aliphatic heterocycles. The Labute approximate surface area is 159 Å². The monoisotopic (exact) mass is 397 g/mol. The summed E-state index contributed by atoms with van der Waals surface area (Å²) in [5.41, 5.74) is 0.772. The minimum Gasteiger partial charge on any atom is -0.494 e. The Kier molecular flexibility index (Phi) is 5.24. The molecule has 2 N–H and O–H groups in total. The molecular weight excluding hydrogens is 382 g/mol. The standard InChI is InChI=1S/C16H16ClN3O3S2/c1-19-12(7-10(21)11-8-18-16(17)25-11)20(24)15(23)13(14(19)22)9-5-3-2-4-6-9/h2-6,8,10,12,21-22,24H,7H2,1H3. The van der Waals surface area contributed by atoms with Gasteiger partial charge in [-0.2, -0.15) is 0 Å². The zero-order valence-electron chi connectivity index (χ0n) is 13.2. The van der Waals surface area contributed by atoms with Crippen molar-refractivity contribution in [2.75, 3.05) is 7.05 Å². The van der Waals surface area contributed by atoms with Crippen molar-refractivity contribution in [1.29, 1.82) is 0 Å². The summed E-state index contributed by atoms with van der Waals surface area (Å²) in [5, 5.41) is 20.9. The van der Waals surface area contributed by atoms with Gasteiger partial charge < -0.3 is 15.1 Å². The summed E-state index contributed by atoms with van der Waals surface area (Å²) < 4.78 is 1.55. The van der Waals surface area contributed by atoms with E-state index in [2.05, 4.69) is 17.8 Å². The first-order valence-electron chi connectivity index (χ1n) is 7.43. The molecule has 1 amide bonds. The minimum absolute atomic E-state index is 0.149. The number of benzene rings is 1. The van der Waals surface area contributed by atoms with Gasteiger partial charge in [0.25, 0.3) is 5.91 Å². The highest BCUT2D eigenvalue weighted by Crippen LogP contribution is 2.35. The molecule has 2 atom stereocenters. The number of thiol groups is 1. The molecule has 9 heteroatoms. The number of aromatic nitrogens is 1. The number of hydrogen-bond acceptors (Lipinski definition) is 7. The Morgan fingerprint density at radius 2 is 2.08 bits per heavy atom. The van der Waals surface area contributed by atoms with Crippen LogP contribution in [0.25, 0.3) is 5.57 Å². The van der Waals surface area contributed by atoms with Crippen LogP contribution in [0.4, 0.5) is 0 Å². The van der Waals surface area contributed by atoms with Crippen molar-refractivity contribution in [3.63, 3.8) is 0 Å². The highest BCUT2D eigenvalue weighted by molar-refractivity contribution is 7.78. The summed E-state index contributed by atoms with van der Waals surface area (Å²) in [4.78, 5) is 18.7. The number of carbonyl (C=O) groups excluding carboxylic acids is 1. The molecule has 0 saturated carbocycles. The van der Waals surface area contributed by atoms with Gasteiger partial charge in [-0.15, -0.1) is 11.3 Å². The SMILES string of the molecule is CN1C(O)=C(c2ccccc2)C(=O)N(S)C1CC(O)c1cnc(Cl)s1. The third-order valence-corrected chi connectivity index (χ3v) is 5.69. The first kappa shape index (κ1) is 18.1. The molecule has 6 nitrogen and oxygen atoms in total. The number of hydrogen-bond donors (Lipinski definition) is 3. The highest BCUT2D eigenvalue weighted by atomic mass is 35.5. The highest BCUT2D eigenvalue weighted by Gasteiger charge is 2.38.